The van der Waals surface area contributed by atoms with Gasteiger partial charge in [0.15, 0.2) is 11.5 Å². The minimum atomic E-state index is -0.111. The Kier molecular flexibility index (Phi) is 2.60. The van der Waals surface area contributed by atoms with Gasteiger partial charge < -0.3 is 14.6 Å². The fraction of sp³-hybridized carbons (Fsp3) is 0.222. The molecule has 1 aromatic carbocycles. The van der Waals surface area contributed by atoms with Crippen molar-refractivity contribution < 1.29 is 14.6 Å². The van der Waals surface area contributed by atoms with E-state index in [2.05, 4.69) is 0 Å². The molecule has 0 unspecified atom stereocenters. The maximum absolute atomic E-state index is 9.28. The van der Waals surface area contributed by atoms with Crippen molar-refractivity contribution in [2.45, 2.75) is 0 Å². The summed E-state index contributed by atoms with van der Waals surface area (Å²) in [6, 6.07) is 4.76. The molecule has 0 bridgehead atoms. The highest BCUT2D eigenvalue weighted by molar-refractivity contribution is 5.59. The monoisotopic (exact) mass is 179 g/mol. The van der Waals surface area contributed by atoms with Gasteiger partial charge in [-0.05, 0) is 12.1 Å². The number of hydrogen-bond donors (Lipinski definition) is 1. The molecule has 0 spiro atoms. The van der Waals surface area contributed by atoms with E-state index in [-0.39, 0.29) is 17.1 Å². The molecule has 0 heterocycles. The minimum absolute atomic E-state index is 0.0850. The molecule has 1 N–H and O–H groups in total. The van der Waals surface area contributed by atoms with Gasteiger partial charge in [0, 0.05) is 0 Å². The first-order valence-electron chi connectivity index (χ1n) is 3.58. The lowest BCUT2D eigenvalue weighted by molar-refractivity contribution is 0.350. The van der Waals surface area contributed by atoms with Crippen molar-refractivity contribution in [3.8, 4) is 23.3 Å². The van der Waals surface area contributed by atoms with Crippen LogP contribution in [-0.4, -0.2) is 19.3 Å². The second-order valence-electron chi connectivity index (χ2n) is 2.31. The summed E-state index contributed by atoms with van der Waals surface area (Å²) in [7, 11) is 2.88. The van der Waals surface area contributed by atoms with Gasteiger partial charge in [-0.15, -0.1) is 0 Å². The van der Waals surface area contributed by atoms with Crippen LogP contribution in [0.25, 0.3) is 0 Å². The summed E-state index contributed by atoms with van der Waals surface area (Å²) in [6.45, 7) is 0. The number of nitrogens with zero attached hydrogens (tertiary/aromatic N) is 1. The first-order valence-corrected chi connectivity index (χ1v) is 3.58. The minimum Gasteiger partial charge on any atom is -0.506 e. The van der Waals surface area contributed by atoms with Gasteiger partial charge in [-0.25, -0.2) is 0 Å². The molecule has 1 aromatic rings. The molecule has 0 saturated heterocycles. The molecule has 0 atom stereocenters. The Balaban J connectivity index is 3.38. The van der Waals surface area contributed by atoms with Crippen LogP contribution in [0.1, 0.15) is 5.56 Å². The van der Waals surface area contributed by atoms with E-state index < -0.39 is 0 Å². The van der Waals surface area contributed by atoms with E-state index in [0.29, 0.717) is 5.75 Å². The summed E-state index contributed by atoms with van der Waals surface area (Å²) < 4.78 is 9.88. The molecule has 0 amide bonds. The molecule has 0 radical (unpaired) electrons. The third-order valence-corrected chi connectivity index (χ3v) is 1.64. The average molecular weight is 179 g/mol. The van der Waals surface area contributed by atoms with Gasteiger partial charge in [0.1, 0.15) is 17.4 Å². The standard InChI is InChI=1S/C9H9NO3/c1-12-8-4-3-7(11)6(5-10)9(8)13-2/h3-4,11H,1-2H3. The third kappa shape index (κ3) is 1.49. The molecule has 0 fully saturated rings. The van der Waals surface area contributed by atoms with Gasteiger partial charge >= 0.3 is 0 Å². The normalized spacial score (nSPS) is 9.00. The zero-order chi connectivity index (χ0) is 9.84. The first-order chi connectivity index (χ1) is 6.24. The molecule has 0 saturated carbocycles. The van der Waals surface area contributed by atoms with Gasteiger partial charge in [0.25, 0.3) is 0 Å². The number of phenols is 1. The van der Waals surface area contributed by atoms with Crippen LogP contribution < -0.4 is 9.47 Å². The number of ether oxygens (including phenoxy) is 2. The molecule has 13 heavy (non-hydrogen) atoms. The number of hydrogen-bond acceptors (Lipinski definition) is 4. The Bertz CT molecular complexity index is 355. The maximum atomic E-state index is 9.28. The van der Waals surface area contributed by atoms with Crippen molar-refractivity contribution in [1.29, 1.82) is 5.26 Å². The third-order valence-electron chi connectivity index (χ3n) is 1.64. The van der Waals surface area contributed by atoms with Crippen LogP contribution in [0.15, 0.2) is 12.1 Å². The number of benzene rings is 1. The molecule has 0 aliphatic heterocycles. The smallest absolute Gasteiger partial charge is 0.182 e. The summed E-state index contributed by atoms with van der Waals surface area (Å²) >= 11 is 0. The molecule has 4 heteroatoms. The Morgan fingerprint density at radius 2 is 2.00 bits per heavy atom. The Morgan fingerprint density at radius 1 is 1.31 bits per heavy atom. The molecule has 4 nitrogen and oxygen atoms in total. The fourth-order valence-electron chi connectivity index (χ4n) is 1.02. The van der Waals surface area contributed by atoms with Crippen LogP contribution in [0, 0.1) is 11.3 Å². The molecule has 0 aromatic heterocycles. The molecular formula is C9H9NO3. The second-order valence-corrected chi connectivity index (χ2v) is 2.31. The van der Waals surface area contributed by atoms with E-state index in [9.17, 15) is 5.11 Å². The Hall–Kier alpha value is -1.89. The van der Waals surface area contributed by atoms with Crippen LogP contribution in [0.2, 0.25) is 0 Å². The van der Waals surface area contributed by atoms with Crippen molar-refractivity contribution in [1.82, 2.24) is 0 Å². The summed E-state index contributed by atoms with van der Waals surface area (Å²) in [5.74, 6) is 0.571. The summed E-state index contributed by atoms with van der Waals surface area (Å²) in [5, 5.41) is 18.0. The quantitative estimate of drug-likeness (QED) is 0.742. The number of phenolic OH excluding ortho intramolecular Hbond substituents is 1. The van der Waals surface area contributed by atoms with E-state index >= 15 is 0 Å². The van der Waals surface area contributed by atoms with Crippen LogP contribution in [0.5, 0.6) is 17.2 Å². The van der Waals surface area contributed by atoms with Gasteiger partial charge in [-0.1, -0.05) is 0 Å². The highest BCUT2D eigenvalue weighted by Crippen LogP contribution is 2.35. The van der Waals surface area contributed by atoms with E-state index in [4.69, 9.17) is 14.7 Å². The molecular weight excluding hydrogens is 170 g/mol. The summed E-state index contributed by atoms with van der Waals surface area (Å²) in [5.41, 5.74) is 0.0850. The fourth-order valence-corrected chi connectivity index (χ4v) is 1.02. The van der Waals surface area contributed by atoms with Gasteiger partial charge in [0.2, 0.25) is 0 Å². The lowest BCUT2D eigenvalue weighted by Gasteiger charge is -2.09. The van der Waals surface area contributed by atoms with Crippen LogP contribution in [-0.2, 0) is 0 Å². The number of nitriles is 1. The number of rotatable bonds is 2. The SMILES string of the molecule is COc1ccc(O)c(C#N)c1OC. The summed E-state index contributed by atoms with van der Waals surface area (Å²) in [4.78, 5) is 0. The lowest BCUT2D eigenvalue weighted by atomic mass is 10.2. The highest BCUT2D eigenvalue weighted by atomic mass is 16.5. The van der Waals surface area contributed by atoms with Crippen LogP contribution >= 0.6 is 0 Å². The summed E-state index contributed by atoms with van der Waals surface area (Å²) in [6.07, 6.45) is 0. The number of aromatic hydroxyl groups is 1. The first kappa shape index (κ1) is 9.20. The van der Waals surface area contributed by atoms with Crippen molar-refractivity contribution in [3.05, 3.63) is 17.7 Å². The molecule has 0 aliphatic rings. The zero-order valence-electron chi connectivity index (χ0n) is 7.37. The molecule has 0 aliphatic carbocycles. The molecule has 1 rings (SSSR count). The molecule has 68 valence electrons. The predicted molar refractivity (Wildman–Crippen MR) is 45.9 cm³/mol. The van der Waals surface area contributed by atoms with Crippen molar-refractivity contribution in [2.24, 2.45) is 0 Å². The predicted octanol–water partition coefficient (Wildman–Crippen LogP) is 1.28. The zero-order valence-corrected chi connectivity index (χ0v) is 7.37. The topological polar surface area (TPSA) is 62.5 Å². The largest absolute Gasteiger partial charge is 0.506 e. The lowest BCUT2D eigenvalue weighted by Crippen LogP contribution is -1.93. The number of methoxy groups -OCH3 is 2. The maximum Gasteiger partial charge on any atom is 0.182 e. The van der Waals surface area contributed by atoms with Gasteiger partial charge in [-0.3, -0.25) is 0 Å². The van der Waals surface area contributed by atoms with Crippen molar-refractivity contribution in [3.63, 3.8) is 0 Å². The Morgan fingerprint density at radius 3 is 2.46 bits per heavy atom. The van der Waals surface area contributed by atoms with E-state index in [1.807, 2.05) is 6.07 Å². The van der Waals surface area contributed by atoms with Crippen molar-refractivity contribution >= 4 is 0 Å². The van der Waals surface area contributed by atoms with E-state index in [1.54, 1.807) is 0 Å². The Labute approximate surface area is 75.9 Å². The van der Waals surface area contributed by atoms with E-state index in [1.165, 1.54) is 26.4 Å². The average Bonchev–Trinajstić information content (AvgIpc) is 2.17. The van der Waals surface area contributed by atoms with Crippen LogP contribution in [0.3, 0.4) is 0 Å². The van der Waals surface area contributed by atoms with E-state index in [0.717, 1.165) is 0 Å². The van der Waals surface area contributed by atoms with Crippen molar-refractivity contribution in [2.75, 3.05) is 14.2 Å². The highest BCUT2D eigenvalue weighted by Gasteiger charge is 2.13. The van der Waals surface area contributed by atoms with Crippen LogP contribution in [0.4, 0.5) is 0 Å². The second kappa shape index (κ2) is 3.68. The van der Waals surface area contributed by atoms with Gasteiger partial charge in [-0.2, -0.15) is 5.26 Å². The van der Waals surface area contributed by atoms with Gasteiger partial charge in [0.05, 0.1) is 14.2 Å².